The van der Waals surface area contributed by atoms with Crippen molar-refractivity contribution >= 4 is 11.9 Å². The maximum atomic E-state index is 12.3. The van der Waals surface area contributed by atoms with Gasteiger partial charge in [-0.1, -0.05) is 42.5 Å². The quantitative estimate of drug-likeness (QED) is 0.852. The minimum Gasteiger partial charge on any atom is -0.489 e. The number of piperazine rings is 1. The van der Waals surface area contributed by atoms with Gasteiger partial charge in [-0.2, -0.15) is 0 Å². The normalized spacial score (nSPS) is 14.1. The maximum absolute atomic E-state index is 12.3. The number of ether oxygens (including phenoxy) is 1. The summed E-state index contributed by atoms with van der Waals surface area (Å²) in [5.74, 6) is 0.931. The van der Waals surface area contributed by atoms with Crippen LogP contribution in [0.3, 0.4) is 0 Å². The standard InChI is InChI=1S/C21H25N3O3/c22-21(26)24-14-12-23(13-15-24)20(25)11-8-17-6-9-19(10-7-17)27-16-18-4-2-1-3-5-18/h1-7,9-10H,8,11-16H2,(H2,22,26). The first-order chi connectivity index (χ1) is 13.1. The Labute approximate surface area is 159 Å². The highest BCUT2D eigenvalue weighted by molar-refractivity contribution is 5.77. The molecule has 0 aliphatic carbocycles. The van der Waals surface area contributed by atoms with Crippen LogP contribution in [0.4, 0.5) is 4.79 Å². The SMILES string of the molecule is NC(=O)N1CCN(C(=O)CCc2ccc(OCc3ccccc3)cc2)CC1. The second-order valence-electron chi connectivity index (χ2n) is 6.62. The molecule has 6 nitrogen and oxygen atoms in total. The van der Waals surface area contributed by atoms with Crippen LogP contribution in [-0.4, -0.2) is 47.9 Å². The molecule has 27 heavy (non-hydrogen) atoms. The molecular formula is C21H25N3O3. The molecule has 0 saturated carbocycles. The molecule has 1 fully saturated rings. The highest BCUT2D eigenvalue weighted by Crippen LogP contribution is 2.16. The highest BCUT2D eigenvalue weighted by atomic mass is 16.5. The maximum Gasteiger partial charge on any atom is 0.314 e. The molecule has 3 rings (SSSR count). The summed E-state index contributed by atoms with van der Waals surface area (Å²) in [6, 6.07) is 17.5. The summed E-state index contributed by atoms with van der Waals surface area (Å²) in [5, 5.41) is 0. The average Bonchev–Trinajstić information content (AvgIpc) is 2.72. The summed E-state index contributed by atoms with van der Waals surface area (Å²) in [6.07, 6.45) is 1.15. The van der Waals surface area contributed by atoms with Crippen molar-refractivity contribution in [2.75, 3.05) is 26.2 Å². The van der Waals surface area contributed by atoms with Crippen LogP contribution in [0.5, 0.6) is 5.75 Å². The zero-order valence-electron chi connectivity index (χ0n) is 15.3. The van der Waals surface area contributed by atoms with Crippen LogP contribution in [0.25, 0.3) is 0 Å². The Morgan fingerprint density at radius 1 is 0.852 bits per heavy atom. The molecule has 1 heterocycles. The Morgan fingerprint density at radius 2 is 1.48 bits per heavy atom. The first kappa shape index (κ1) is 18.8. The summed E-state index contributed by atoms with van der Waals surface area (Å²) in [6.45, 7) is 2.65. The fourth-order valence-corrected chi connectivity index (χ4v) is 3.08. The van der Waals surface area contributed by atoms with E-state index in [-0.39, 0.29) is 5.91 Å². The van der Waals surface area contributed by atoms with E-state index >= 15 is 0 Å². The van der Waals surface area contributed by atoms with Crippen LogP contribution in [0.2, 0.25) is 0 Å². The van der Waals surface area contributed by atoms with E-state index in [2.05, 4.69) is 0 Å². The fourth-order valence-electron chi connectivity index (χ4n) is 3.08. The van der Waals surface area contributed by atoms with Gasteiger partial charge in [-0.25, -0.2) is 4.79 Å². The Morgan fingerprint density at radius 3 is 2.11 bits per heavy atom. The number of nitrogens with two attached hydrogens (primary N) is 1. The van der Waals surface area contributed by atoms with Crippen LogP contribution in [0, 0.1) is 0 Å². The summed E-state index contributed by atoms with van der Waals surface area (Å²) in [4.78, 5) is 26.8. The Balaban J connectivity index is 1.42. The first-order valence-corrected chi connectivity index (χ1v) is 9.19. The molecule has 2 aromatic rings. The number of benzene rings is 2. The molecule has 0 aromatic heterocycles. The molecule has 3 amide bonds. The summed E-state index contributed by atoms with van der Waals surface area (Å²) in [5.41, 5.74) is 7.49. The lowest BCUT2D eigenvalue weighted by Crippen LogP contribution is -2.52. The second-order valence-corrected chi connectivity index (χ2v) is 6.62. The van der Waals surface area contributed by atoms with Crippen LogP contribution < -0.4 is 10.5 Å². The number of hydrogen-bond donors (Lipinski definition) is 1. The van der Waals surface area contributed by atoms with E-state index in [1.54, 1.807) is 9.80 Å². The van der Waals surface area contributed by atoms with Gasteiger partial charge >= 0.3 is 6.03 Å². The number of primary amides is 1. The number of hydrogen-bond acceptors (Lipinski definition) is 3. The molecule has 2 N–H and O–H groups in total. The minimum atomic E-state index is -0.420. The number of rotatable bonds is 6. The fraction of sp³-hybridized carbons (Fsp3) is 0.333. The van der Waals surface area contributed by atoms with Crippen LogP contribution in [0.15, 0.2) is 54.6 Å². The number of amides is 3. The predicted molar refractivity (Wildman–Crippen MR) is 103 cm³/mol. The lowest BCUT2D eigenvalue weighted by Gasteiger charge is -2.33. The third kappa shape index (κ3) is 5.48. The van der Waals surface area contributed by atoms with E-state index in [0.717, 1.165) is 16.9 Å². The highest BCUT2D eigenvalue weighted by Gasteiger charge is 2.22. The van der Waals surface area contributed by atoms with Gasteiger partial charge in [0, 0.05) is 32.6 Å². The largest absolute Gasteiger partial charge is 0.489 e. The number of carbonyl (C=O) groups is 2. The third-order valence-electron chi connectivity index (χ3n) is 4.74. The number of aryl methyl sites for hydroxylation is 1. The molecule has 0 bridgehead atoms. The Kier molecular flexibility index (Phi) is 6.30. The van der Waals surface area contributed by atoms with E-state index in [1.807, 2.05) is 54.6 Å². The zero-order chi connectivity index (χ0) is 19.1. The van der Waals surface area contributed by atoms with Gasteiger partial charge in [-0.05, 0) is 29.7 Å². The van der Waals surface area contributed by atoms with E-state index in [9.17, 15) is 9.59 Å². The van der Waals surface area contributed by atoms with Gasteiger partial charge in [0.05, 0.1) is 0 Å². The lowest BCUT2D eigenvalue weighted by molar-refractivity contribution is -0.132. The van der Waals surface area contributed by atoms with Crippen molar-refractivity contribution in [3.05, 3.63) is 65.7 Å². The Bertz CT molecular complexity index is 754. The van der Waals surface area contributed by atoms with Crippen molar-refractivity contribution in [3.8, 4) is 5.75 Å². The number of nitrogens with zero attached hydrogens (tertiary/aromatic N) is 2. The van der Waals surface area contributed by atoms with Crippen molar-refractivity contribution in [1.29, 1.82) is 0 Å². The number of carbonyl (C=O) groups excluding carboxylic acids is 2. The molecule has 0 atom stereocenters. The van der Waals surface area contributed by atoms with Crippen LogP contribution >= 0.6 is 0 Å². The van der Waals surface area contributed by atoms with Gasteiger partial charge in [0.15, 0.2) is 0 Å². The van der Waals surface area contributed by atoms with Gasteiger partial charge in [0.2, 0.25) is 5.91 Å². The summed E-state index contributed by atoms with van der Waals surface area (Å²) < 4.78 is 5.78. The van der Waals surface area contributed by atoms with Crippen molar-refractivity contribution in [1.82, 2.24) is 9.80 Å². The van der Waals surface area contributed by atoms with Gasteiger partial charge in [-0.3, -0.25) is 4.79 Å². The predicted octanol–water partition coefficient (Wildman–Crippen LogP) is 2.42. The third-order valence-corrected chi connectivity index (χ3v) is 4.74. The first-order valence-electron chi connectivity index (χ1n) is 9.19. The van der Waals surface area contributed by atoms with E-state index in [0.29, 0.717) is 45.6 Å². The minimum absolute atomic E-state index is 0.114. The van der Waals surface area contributed by atoms with Gasteiger partial charge in [-0.15, -0.1) is 0 Å². The second kappa shape index (κ2) is 9.07. The smallest absolute Gasteiger partial charge is 0.314 e. The molecule has 1 aliphatic rings. The van der Waals surface area contributed by atoms with Gasteiger partial charge < -0.3 is 20.3 Å². The molecule has 0 unspecified atom stereocenters. The van der Waals surface area contributed by atoms with Crippen molar-refractivity contribution in [2.24, 2.45) is 5.73 Å². The molecule has 1 saturated heterocycles. The topological polar surface area (TPSA) is 75.9 Å². The Hall–Kier alpha value is -3.02. The molecule has 6 heteroatoms. The molecular weight excluding hydrogens is 342 g/mol. The number of urea groups is 1. The van der Waals surface area contributed by atoms with Crippen LogP contribution in [-0.2, 0) is 17.8 Å². The average molecular weight is 367 g/mol. The molecule has 2 aromatic carbocycles. The van der Waals surface area contributed by atoms with Crippen LogP contribution in [0.1, 0.15) is 17.5 Å². The summed E-state index contributed by atoms with van der Waals surface area (Å²) >= 11 is 0. The van der Waals surface area contributed by atoms with Gasteiger partial charge in [0.25, 0.3) is 0 Å². The van der Waals surface area contributed by atoms with Gasteiger partial charge in [0.1, 0.15) is 12.4 Å². The van der Waals surface area contributed by atoms with E-state index < -0.39 is 6.03 Å². The molecule has 142 valence electrons. The summed E-state index contributed by atoms with van der Waals surface area (Å²) in [7, 11) is 0. The molecule has 1 aliphatic heterocycles. The van der Waals surface area contributed by atoms with E-state index in [4.69, 9.17) is 10.5 Å². The monoisotopic (exact) mass is 367 g/mol. The molecule has 0 radical (unpaired) electrons. The van der Waals surface area contributed by atoms with Crippen molar-refractivity contribution in [2.45, 2.75) is 19.4 Å². The van der Waals surface area contributed by atoms with Crippen molar-refractivity contribution in [3.63, 3.8) is 0 Å². The lowest BCUT2D eigenvalue weighted by atomic mass is 10.1. The molecule has 0 spiro atoms. The van der Waals surface area contributed by atoms with E-state index in [1.165, 1.54) is 0 Å². The zero-order valence-corrected chi connectivity index (χ0v) is 15.3. The van der Waals surface area contributed by atoms with Crippen molar-refractivity contribution < 1.29 is 14.3 Å².